The van der Waals surface area contributed by atoms with Crippen molar-refractivity contribution in [2.24, 2.45) is 0 Å². The molecule has 0 radical (unpaired) electrons. The van der Waals surface area contributed by atoms with Gasteiger partial charge in [0, 0.05) is 34.9 Å². The molecule has 88 valence electrons. The maximum Gasteiger partial charge on any atom is 0.115 e. The number of benzene rings is 1. The lowest BCUT2D eigenvalue weighted by Gasteiger charge is -2.08. The van der Waals surface area contributed by atoms with Crippen molar-refractivity contribution < 1.29 is 0 Å². The van der Waals surface area contributed by atoms with Gasteiger partial charge >= 0.3 is 0 Å². The van der Waals surface area contributed by atoms with E-state index in [-0.39, 0.29) is 0 Å². The Balaban J connectivity index is 1.95. The molecule has 0 aliphatic carbocycles. The SMILES string of the molecule is Clc1cccc(Cl)c1CNCc1ccncn1. The first-order valence-corrected chi connectivity index (χ1v) is 5.91. The van der Waals surface area contributed by atoms with Crippen molar-refractivity contribution in [3.05, 3.63) is 58.1 Å². The predicted molar refractivity (Wildman–Crippen MR) is 69.0 cm³/mol. The van der Waals surface area contributed by atoms with E-state index >= 15 is 0 Å². The molecule has 0 saturated carbocycles. The normalized spacial score (nSPS) is 10.5. The minimum absolute atomic E-state index is 0.614. The molecule has 0 amide bonds. The fourth-order valence-corrected chi connectivity index (χ4v) is 1.97. The summed E-state index contributed by atoms with van der Waals surface area (Å²) >= 11 is 12.1. The summed E-state index contributed by atoms with van der Waals surface area (Å²) in [6, 6.07) is 7.35. The Morgan fingerprint density at radius 3 is 2.47 bits per heavy atom. The van der Waals surface area contributed by atoms with E-state index in [0.717, 1.165) is 11.3 Å². The summed E-state index contributed by atoms with van der Waals surface area (Å²) in [4.78, 5) is 7.97. The molecule has 0 aliphatic heterocycles. The first-order chi connectivity index (χ1) is 8.27. The van der Waals surface area contributed by atoms with E-state index in [4.69, 9.17) is 23.2 Å². The van der Waals surface area contributed by atoms with E-state index in [1.807, 2.05) is 24.3 Å². The van der Waals surface area contributed by atoms with E-state index in [1.165, 1.54) is 6.33 Å². The van der Waals surface area contributed by atoms with Crippen LogP contribution in [0.3, 0.4) is 0 Å². The summed E-state index contributed by atoms with van der Waals surface area (Å²) in [5.74, 6) is 0. The van der Waals surface area contributed by atoms with Gasteiger partial charge < -0.3 is 5.32 Å². The van der Waals surface area contributed by atoms with Crippen molar-refractivity contribution in [2.45, 2.75) is 13.1 Å². The number of rotatable bonds is 4. The molecule has 2 rings (SSSR count). The van der Waals surface area contributed by atoms with Crippen molar-refractivity contribution >= 4 is 23.2 Å². The lowest BCUT2D eigenvalue weighted by atomic mass is 10.2. The van der Waals surface area contributed by atoms with Crippen LogP contribution in [0.4, 0.5) is 0 Å². The monoisotopic (exact) mass is 267 g/mol. The van der Waals surface area contributed by atoms with E-state index in [9.17, 15) is 0 Å². The quantitative estimate of drug-likeness (QED) is 0.926. The molecule has 0 unspecified atom stereocenters. The number of hydrogen-bond acceptors (Lipinski definition) is 3. The lowest BCUT2D eigenvalue weighted by molar-refractivity contribution is 0.678. The Morgan fingerprint density at radius 2 is 1.82 bits per heavy atom. The van der Waals surface area contributed by atoms with Crippen molar-refractivity contribution in [1.29, 1.82) is 0 Å². The molecular weight excluding hydrogens is 257 g/mol. The highest BCUT2D eigenvalue weighted by atomic mass is 35.5. The van der Waals surface area contributed by atoms with Gasteiger partial charge in [0.25, 0.3) is 0 Å². The summed E-state index contributed by atoms with van der Waals surface area (Å²) < 4.78 is 0. The van der Waals surface area contributed by atoms with Crippen molar-refractivity contribution in [3.63, 3.8) is 0 Å². The van der Waals surface area contributed by atoms with Gasteiger partial charge in [0.1, 0.15) is 6.33 Å². The molecule has 1 heterocycles. The minimum Gasteiger partial charge on any atom is -0.307 e. The van der Waals surface area contributed by atoms with Gasteiger partial charge in [-0.2, -0.15) is 0 Å². The zero-order valence-electron chi connectivity index (χ0n) is 9.03. The van der Waals surface area contributed by atoms with Crippen molar-refractivity contribution in [2.75, 3.05) is 0 Å². The first kappa shape index (κ1) is 12.3. The van der Waals surface area contributed by atoms with Crippen molar-refractivity contribution in [3.8, 4) is 0 Å². The summed E-state index contributed by atoms with van der Waals surface area (Å²) in [5, 5.41) is 4.59. The number of nitrogens with zero attached hydrogens (tertiary/aromatic N) is 2. The number of aromatic nitrogens is 2. The van der Waals surface area contributed by atoms with Gasteiger partial charge in [-0.3, -0.25) is 0 Å². The topological polar surface area (TPSA) is 37.8 Å². The van der Waals surface area contributed by atoms with Gasteiger partial charge in [-0.25, -0.2) is 9.97 Å². The lowest BCUT2D eigenvalue weighted by Crippen LogP contribution is -2.14. The van der Waals surface area contributed by atoms with E-state index in [0.29, 0.717) is 23.1 Å². The molecule has 0 fully saturated rings. The van der Waals surface area contributed by atoms with Crippen LogP contribution in [0.1, 0.15) is 11.3 Å². The highest BCUT2D eigenvalue weighted by molar-refractivity contribution is 6.35. The van der Waals surface area contributed by atoms with Crippen LogP contribution in [0, 0.1) is 0 Å². The second-order valence-electron chi connectivity index (χ2n) is 3.50. The molecule has 5 heteroatoms. The van der Waals surface area contributed by atoms with Gasteiger partial charge in [-0.05, 0) is 18.2 Å². The Bertz CT molecular complexity index is 468. The Labute approximate surface area is 110 Å². The Hall–Kier alpha value is -1.16. The zero-order chi connectivity index (χ0) is 12.1. The van der Waals surface area contributed by atoms with Crippen LogP contribution >= 0.6 is 23.2 Å². The van der Waals surface area contributed by atoms with Crippen LogP contribution in [-0.2, 0) is 13.1 Å². The number of hydrogen-bond donors (Lipinski definition) is 1. The molecule has 0 bridgehead atoms. The minimum atomic E-state index is 0.614. The largest absolute Gasteiger partial charge is 0.307 e. The Morgan fingerprint density at radius 1 is 1.06 bits per heavy atom. The first-order valence-electron chi connectivity index (χ1n) is 5.16. The van der Waals surface area contributed by atoms with Crippen LogP contribution in [0.5, 0.6) is 0 Å². The van der Waals surface area contributed by atoms with Crippen LogP contribution in [0.15, 0.2) is 36.8 Å². The van der Waals surface area contributed by atoms with Gasteiger partial charge in [0.05, 0.1) is 5.69 Å². The molecule has 2 aromatic rings. The third-order valence-corrected chi connectivity index (χ3v) is 3.02. The van der Waals surface area contributed by atoms with E-state index in [1.54, 1.807) is 6.20 Å². The smallest absolute Gasteiger partial charge is 0.115 e. The van der Waals surface area contributed by atoms with E-state index in [2.05, 4.69) is 15.3 Å². The maximum atomic E-state index is 6.06. The summed E-state index contributed by atoms with van der Waals surface area (Å²) in [6.07, 6.45) is 3.24. The average Bonchev–Trinajstić information content (AvgIpc) is 2.34. The molecule has 3 nitrogen and oxygen atoms in total. The van der Waals surface area contributed by atoms with Gasteiger partial charge in [-0.1, -0.05) is 29.3 Å². The second kappa shape index (κ2) is 5.96. The third-order valence-electron chi connectivity index (χ3n) is 2.31. The third kappa shape index (κ3) is 3.40. The molecule has 0 aliphatic rings. The molecule has 1 aromatic carbocycles. The van der Waals surface area contributed by atoms with Crippen LogP contribution in [-0.4, -0.2) is 9.97 Å². The van der Waals surface area contributed by atoms with Crippen molar-refractivity contribution in [1.82, 2.24) is 15.3 Å². The summed E-state index contributed by atoms with van der Waals surface area (Å²) in [6.45, 7) is 1.27. The van der Waals surface area contributed by atoms with Crippen LogP contribution < -0.4 is 5.32 Å². The average molecular weight is 268 g/mol. The van der Waals surface area contributed by atoms with Gasteiger partial charge in [-0.15, -0.1) is 0 Å². The predicted octanol–water partition coefficient (Wildman–Crippen LogP) is 3.07. The second-order valence-corrected chi connectivity index (χ2v) is 4.32. The highest BCUT2D eigenvalue weighted by Crippen LogP contribution is 2.23. The standard InChI is InChI=1S/C12H11Cl2N3/c13-11-2-1-3-12(14)10(11)7-16-6-9-4-5-15-8-17-9/h1-5,8,16H,6-7H2. The zero-order valence-corrected chi connectivity index (χ0v) is 10.5. The summed E-state index contributed by atoms with van der Waals surface area (Å²) in [7, 11) is 0. The fraction of sp³-hybridized carbons (Fsp3) is 0.167. The van der Waals surface area contributed by atoms with Crippen LogP contribution in [0.25, 0.3) is 0 Å². The molecule has 17 heavy (non-hydrogen) atoms. The molecule has 0 spiro atoms. The molecule has 1 aromatic heterocycles. The Kier molecular flexibility index (Phi) is 4.31. The molecule has 0 atom stereocenters. The molecule has 0 saturated heterocycles. The van der Waals surface area contributed by atoms with Crippen LogP contribution in [0.2, 0.25) is 10.0 Å². The number of nitrogens with one attached hydrogen (secondary N) is 1. The maximum absolute atomic E-state index is 6.06. The fourth-order valence-electron chi connectivity index (χ4n) is 1.44. The van der Waals surface area contributed by atoms with E-state index < -0.39 is 0 Å². The van der Waals surface area contributed by atoms with Gasteiger partial charge in [0.2, 0.25) is 0 Å². The summed E-state index contributed by atoms with van der Waals surface area (Å²) in [5.41, 5.74) is 1.84. The molecule has 1 N–H and O–H groups in total. The highest BCUT2D eigenvalue weighted by Gasteiger charge is 2.04. The number of halogens is 2. The molecular formula is C12H11Cl2N3. The van der Waals surface area contributed by atoms with Gasteiger partial charge in [0.15, 0.2) is 0 Å².